The SMILES string of the molecule is c1ccc(COc2ccc(CN3CCCC(Nc4nccc(N5CCCCCC5)n4)C3)cc2OCc2ccccc2)cc1. The second-order valence-corrected chi connectivity index (χ2v) is 11.7. The number of benzene rings is 3. The lowest BCUT2D eigenvalue weighted by atomic mass is 10.0. The predicted octanol–water partition coefficient (Wildman–Crippen LogP) is 7.09. The van der Waals surface area contributed by atoms with E-state index in [2.05, 4.69) is 62.6 Å². The standard InChI is InChI=1S/C36H43N5O2/c1-2-10-23-41(22-9-1)35-19-20-37-36(39-35)38-32-16-11-21-40(26-32)25-31-17-18-33(42-27-29-12-5-3-6-13-29)34(24-31)43-28-30-14-7-4-8-15-30/h3-8,12-15,17-20,24,32H,1-2,9-11,16,21-23,25-28H2,(H,37,38,39). The van der Waals surface area contributed by atoms with Crippen LogP contribution in [0.4, 0.5) is 11.8 Å². The number of hydrogen-bond donors (Lipinski definition) is 1. The van der Waals surface area contributed by atoms with E-state index in [9.17, 15) is 0 Å². The minimum Gasteiger partial charge on any atom is -0.485 e. The zero-order valence-electron chi connectivity index (χ0n) is 25.0. The van der Waals surface area contributed by atoms with Crippen molar-refractivity contribution in [2.75, 3.05) is 36.4 Å². The fourth-order valence-electron chi connectivity index (χ4n) is 6.01. The topological polar surface area (TPSA) is 62.8 Å². The third-order valence-corrected chi connectivity index (χ3v) is 8.30. The largest absolute Gasteiger partial charge is 0.485 e. The molecule has 43 heavy (non-hydrogen) atoms. The van der Waals surface area contributed by atoms with Crippen LogP contribution in [0.1, 0.15) is 55.2 Å². The molecule has 1 unspecified atom stereocenters. The molecule has 2 aliphatic heterocycles. The Morgan fingerprint density at radius 1 is 0.698 bits per heavy atom. The molecule has 4 aromatic rings. The number of nitrogens with one attached hydrogen (secondary N) is 1. The van der Waals surface area contributed by atoms with Crippen molar-refractivity contribution in [2.24, 2.45) is 0 Å². The van der Waals surface area contributed by atoms with Crippen molar-refractivity contribution in [3.05, 3.63) is 108 Å². The van der Waals surface area contributed by atoms with Crippen LogP contribution in [0.15, 0.2) is 91.1 Å². The molecule has 0 bridgehead atoms. The first-order valence-corrected chi connectivity index (χ1v) is 15.8. The zero-order chi connectivity index (χ0) is 29.1. The third kappa shape index (κ3) is 8.48. The number of aromatic nitrogens is 2. The molecule has 1 atom stereocenters. The summed E-state index contributed by atoms with van der Waals surface area (Å²) in [5.41, 5.74) is 3.48. The van der Waals surface area contributed by atoms with Crippen LogP contribution < -0.4 is 19.7 Å². The Hall–Kier alpha value is -4.10. The van der Waals surface area contributed by atoms with Gasteiger partial charge in [0, 0.05) is 38.4 Å². The van der Waals surface area contributed by atoms with Crippen molar-refractivity contribution < 1.29 is 9.47 Å². The average molecular weight is 578 g/mol. The highest BCUT2D eigenvalue weighted by molar-refractivity contribution is 5.44. The van der Waals surface area contributed by atoms with Crippen LogP contribution >= 0.6 is 0 Å². The van der Waals surface area contributed by atoms with Crippen LogP contribution in [0.25, 0.3) is 0 Å². The van der Waals surface area contributed by atoms with Crippen molar-refractivity contribution in [3.63, 3.8) is 0 Å². The van der Waals surface area contributed by atoms with E-state index in [0.29, 0.717) is 19.3 Å². The summed E-state index contributed by atoms with van der Waals surface area (Å²) >= 11 is 0. The molecule has 3 heterocycles. The molecule has 0 aliphatic carbocycles. The Balaban J connectivity index is 1.10. The van der Waals surface area contributed by atoms with Crippen LogP contribution in [0.2, 0.25) is 0 Å². The lowest BCUT2D eigenvalue weighted by Gasteiger charge is -2.33. The van der Waals surface area contributed by atoms with E-state index in [0.717, 1.165) is 80.0 Å². The second kappa shape index (κ2) is 14.9. The molecule has 0 amide bonds. The highest BCUT2D eigenvalue weighted by atomic mass is 16.5. The lowest BCUT2D eigenvalue weighted by Crippen LogP contribution is -2.42. The summed E-state index contributed by atoms with van der Waals surface area (Å²) < 4.78 is 12.6. The monoisotopic (exact) mass is 577 g/mol. The third-order valence-electron chi connectivity index (χ3n) is 8.30. The van der Waals surface area contributed by atoms with Crippen LogP contribution in [0.5, 0.6) is 11.5 Å². The Morgan fingerprint density at radius 2 is 1.40 bits per heavy atom. The van der Waals surface area contributed by atoms with Crippen LogP contribution in [0.3, 0.4) is 0 Å². The molecule has 7 heteroatoms. The predicted molar refractivity (Wildman–Crippen MR) is 173 cm³/mol. The van der Waals surface area contributed by atoms with E-state index in [4.69, 9.17) is 14.5 Å². The van der Waals surface area contributed by atoms with Gasteiger partial charge < -0.3 is 19.7 Å². The Kier molecular flexibility index (Phi) is 10.0. The van der Waals surface area contributed by atoms with Gasteiger partial charge in [0.15, 0.2) is 11.5 Å². The molecule has 0 radical (unpaired) electrons. The number of anilines is 2. The first-order chi connectivity index (χ1) is 21.3. The molecule has 224 valence electrons. The Labute approximate surface area is 255 Å². The van der Waals surface area contributed by atoms with Gasteiger partial charge in [-0.05, 0) is 67.1 Å². The molecular weight excluding hydrogens is 534 g/mol. The maximum absolute atomic E-state index is 6.33. The van der Waals surface area contributed by atoms with Crippen LogP contribution in [-0.2, 0) is 19.8 Å². The summed E-state index contributed by atoms with van der Waals surface area (Å²) in [5, 5.41) is 3.65. The number of nitrogens with zero attached hydrogens (tertiary/aromatic N) is 4. The van der Waals surface area contributed by atoms with Crippen LogP contribution in [0, 0.1) is 0 Å². The number of rotatable bonds is 11. The molecule has 1 aromatic heterocycles. The van der Waals surface area contributed by atoms with Gasteiger partial charge in [0.1, 0.15) is 19.0 Å². The highest BCUT2D eigenvalue weighted by Crippen LogP contribution is 2.31. The summed E-state index contributed by atoms with van der Waals surface area (Å²) in [7, 11) is 0. The normalized spacial score (nSPS) is 17.7. The van der Waals surface area contributed by atoms with Crippen molar-refractivity contribution in [1.29, 1.82) is 0 Å². The van der Waals surface area contributed by atoms with Gasteiger partial charge in [-0.15, -0.1) is 0 Å². The fraction of sp³-hybridized carbons (Fsp3) is 0.389. The van der Waals surface area contributed by atoms with E-state index < -0.39 is 0 Å². The maximum Gasteiger partial charge on any atom is 0.224 e. The Morgan fingerprint density at radius 3 is 2.12 bits per heavy atom. The van der Waals surface area contributed by atoms with Gasteiger partial charge in [0.2, 0.25) is 5.95 Å². The van der Waals surface area contributed by atoms with E-state index >= 15 is 0 Å². The summed E-state index contributed by atoms with van der Waals surface area (Å²) in [5.74, 6) is 3.33. The van der Waals surface area contributed by atoms with E-state index in [1.807, 2.05) is 48.7 Å². The first kappa shape index (κ1) is 29.0. The molecular formula is C36H43N5O2. The molecule has 7 nitrogen and oxygen atoms in total. The van der Waals surface area contributed by atoms with Gasteiger partial charge in [0.05, 0.1) is 0 Å². The van der Waals surface area contributed by atoms with Gasteiger partial charge in [0.25, 0.3) is 0 Å². The molecule has 2 aliphatic rings. The van der Waals surface area contributed by atoms with Gasteiger partial charge in [-0.1, -0.05) is 79.6 Å². The Bertz CT molecular complexity index is 1410. The first-order valence-electron chi connectivity index (χ1n) is 15.8. The minimum absolute atomic E-state index is 0.315. The summed E-state index contributed by atoms with van der Waals surface area (Å²) in [6, 6.07) is 29.3. The van der Waals surface area contributed by atoms with E-state index in [-0.39, 0.29) is 0 Å². The maximum atomic E-state index is 6.33. The second-order valence-electron chi connectivity index (χ2n) is 11.7. The smallest absolute Gasteiger partial charge is 0.224 e. The van der Waals surface area contributed by atoms with Crippen molar-refractivity contribution >= 4 is 11.8 Å². The molecule has 1 N–H and O–H groups in total. The average Bonchev–Trinajstić information content (AvgIpc) is 3.35. The summed E-state index contributed by atoms with van der Waals surface area (Å²) in [4.78, 5) is 14.4. The number of hydrogen-bond acceptors (Lipinski definition) is 7. The van der Waals surface area contributed by atoms with Crippen molar-refractivity contribution in [3.8, 4) is 11.5 Å². The van der Waals surface area contributed by atoms with Crippen molar-refractivity contribution in [1.82, 2.24) is 14.9 Å². The summed E-state index contributed by atoms with van der Waals surface area (Å²) in [6.07, 6.45) is 9.26. The molecule has 6 rings (SSSR count). The van der Waals surface area contributed by atoms with E-state index in [1.165, 1.54) is 31.2 Å². The van der Waals surface area contributed by atoms with Crippen LogP contribution in [-0.4, -0.2) is 47.1 Å². The van der Waals surface area contributed by atoms with Gasteiger partial charge in [-0.25, -0.2) is 4.98 Å². The molecule has 3 aromatic carbocycles. The number of piperidine rings is 1. The fourth-order valence-corrected chi connectivity index (χ4v) is 6.01. The number of ether oxygens (including phenoxy) is 2. The van der Waals surface area contributed by atoms with E-state index in [1.54, 1.807) is 0 Å². The molecule has 0 spiro atoms. The lowest BCUT2D eigenvalue weighted by molar-refractivity contribution is 0.207. The van der Waals surface area contributed by atoms with Gasteiger partial charge >= 0.3 is 0 Å². The quantitative estimate of drug-likeness (QED) is 0.204. The zero-order valence-corrected chi connectivity index (χ0v) is 25.0. The van der Waals surface area contributed by atoms with Gasteiger partial charge in [-0.2, -0.15) is 4.98 Å². The molecule has 2 fully saturated rings. The molecule has 2 saturated heterocycles. The van der Waals surface area contributed by atoms with Crippen molar-refractivity contribution in [2.45, 2.75) is 64.3 Å². The van der Waals surface area contributed by atoms with Gasteiger partial charge in [-0.3, -0.25) is 4.90 Å². The summed E-state index contributed by atoms with van der Waals surface area (Å²) in [6.45, 7) is 6.04. The highest BCUT2D eigenvalue weighted by Gasteiger charge is 2.22. The minimum atomic E-state index is 0.315. The number of likely N-dealkylation sites (tertiary alicyclic amines) is 1. The molecule has 0 saturated carbocycles.